The van der Waals surface area contributed by atoms with Crippen LogP contribution < -0.4 is 5.32 Å². The van der Waals surface area contributed by atoms with Crippen molar-refractivity contribution in [1.82, 2.24) is 10.2 Å². The third-order valence-corrected chi connectivity index (χ3v) is 6.71. The molecule has 0 unspecified atom stereocenters. The number of fused-ring (bicyclic) bond motifs is 3. The Hall–Kier alpha value is -4.17. The van der Waals surface area contributed by atoms with Crippen molar-refractivity contribution >= 4 is 18.0 Å². The summed E-state index contributed by atoms with van der Waals surface area (Å²) in [7, 11) is 0. The average Bonchev–Trinajstić information content (AvgIpc) is 3.23. The second-order valence-electron chi connectivity index (χ2n) is 10.9. The Kier molecular flexibility index (Phi) is 9.22. The molecule has 0 radical (unpaired) electrons. The van der Waals surface area contributed by atoms with E-state index in [0.29, 0.717) is 13.0 Å². The van der Waals surface area contributed by atoms with Crippen LogP contribution in [-0.4, -0.2) is 65.9 Å². The van der Waals surface area contributed by atoms with Crippen molar-refractivity contribution in [2.24, 2.45) is 0 Å². The summed E-state index contributed by atoms with van der Waals surface area (Å²) in [6, 6.07) is 24.4. The minimum Gasteiger partial charge on any atom is -0.480 e. The number of hydrogen-bond acceptors (Lipinski definition) is 6. The van der Waals surface area contributed by atoms with Crippen LogP contribution in [0.4, 0.5) is 4.79 Å². The number of carboxylic acid groups (broad SMARTS) is 1. The number of nitrogens with zero attached hydrogens (tertiary/aromatic N) is 1. The molecule has 0 fully saturated rings. The third kappa shape index (κ3) is 7.70. The lowest BCUT2D eigenvalue weighted by molar-refractivity contribution is -0.156. The first-order chi connectivity index (χ1) is 19.1. The maximum Gasteiger partial charge on any atom is 0.407 e. The molecule has 40 heavy (non-hydrogen) atoms. The van der Waals surface area contributed by atoms with E-state index in [0.717, 1.165) is 27.8 Å². The van der Waals surface area contributed by atoms with Crippen LogP contribution in [0.5, 0.6) is 0 Å². The molecule has 3 aromatic rings. The summed E-state index contributed by atoms with van der Waals surface area (Å²) in [5.41, 5.74) is 4.71. The fourth-order valence-corrected chi connectivity index (χ4v) is 4.95. The Morgan fingerprint density at radius 2 is 1.48 bits per heavy atom. The van der Waals surface area contributed by atoms with Crippen LogP contribution in [0.25, 0.3) is 11.1 Å². The number of benzene rings is 3. The molecule has 1 amide bonds. The highest BCUT2D eigenvalue weighted by molar-refractivity contribution is 5.81. The third-order valence-electron chi connectivity index (χ3n) is 6.71. The van der Waals surface area contributed by atoms with Gasteiger partial charge in [0.25, 0.3) is 0 Å². The van der Waals surface area contributed by atoms with Crippen LogP contribution in [0.3, 0.4) is 0 Å². The number of carboxylic acids is 1. The number of ether oxygens (including phenoxy) is 2. The lowest BCUT2D eigenvalue weighted by atomic mass is 9.98. The van der Waals surface area contributed by atoms with Crippen LogP contribution in [0.1, 0.15) is 43.4 Å². The summed E-state index contributed by atoms with van der Waals surface area (Å²) in [6.07, 6.45) is -0.226. The van der Waals surface area contributed by atoms with Gasteiger partial charge in [-0.3, -0.25) is 9.69 Å². The van der Waals surface area contributed by atoms with Crippen LogP contribution in [0, 0.1) is 0 Å². The predicted octanol–water partition coefficient (Wildman–Crippen LogP) is 4.86. The highest BCUT2D eigenvalue weighted by atomic mass is 16.6. The van der Waals surface area contributed by atoms with E-state index in [1.54, 1.807) is 25.7 Å². The molecular weight excluding hydrogens is 508 g/mol. The molecule has 1 aliphatic rings. The number of rotatable bonds is 11. The van der Waals surface area contributed by atoms with Crippen molar-refractivity contribution in [2.75, 3.05) is 26.2 Å². The van der Waals surface area contributed by atoms with Crippen molar-refractivity contribution in [2.45, 2.75) is 44.8 Å². The van der Waals surface area contributed by atoms with Gasteiger partial charge in [-0.15, -0.1) is 0 Å². The fraction of sp³-hybridized carbons (Fsp3) is 0.344. The van der Waals surface area contributed by atoms with Crippen molar-refractivity contribution < 1.29 is 29.0 Å². The van der Waals surface area contributed by atoms with Crippen molar-refractivity contribution in [3.05, 3.63) is 95.6 Å². The monoisotopic (exact) mass is 544 g/mol. The maximum absolute atomic E-state index is 12.8. The molecule has 3 aromatic carbocycles. The van der Waals surface area contributed by atoms with Crippen LogP contribution in [0.15, 0.2) is 78.9 Å². The van der Waals surface area contributed by atoms with Gasteiger partial charge in [-0.25, -0.2) is 9.59 Å². The van der Waals surface area contributed by atoms with Gasteiger partial charge < -0.3 is 19.9 Å². The number of aliphatic carboxylic acids is 1. The topological polar surface area (TPSA) is 105 Å². The zero-order valence-electron chi connectivity index (χ0n) is 23.1. The average molecular weight is 545 g/mol. The molecule has 8 nitrogen and oxygen atoms in total. The number of carbonyl (C=O) groups excluding carboxylic acids is 2. The van der Waals surface area contributed by atoms with Gasteiger partial charge in [0, 0.05) is 19.0 Å². The van der Waals surface area contributed by atoms with Gasteiger partial charge in [0.1, 0.15) is 18.2 Å². The fourth-order valence-electron chi connectivity index (χ4n) is 4.95. The van der Waals surface area contributed by atoms with E-state index in [9.17, 15) is 19.5 Å². The SMILES string of the molecule is CC(C)(C)OC(=O)CN(CCc1ccccc1)C[C@H](NC(=O)OCC1c2ccccc2-c2ccccc21)C(=O)O. The molecule has 8 heteroatoms. The smallest absolute Gasteiger partial charge is 0.407 e. The first-order valence-electron chi connectivity index (χ1n) is 13.4. The first-order valence-corrected chi connectivity index (χ1v) is 13.4. The minimum atomic E-state index is -1.28. The van der Waals surface area contributed by atoms with E-state index in [2.05, 4.69) is 5.32 Å². The number of alkyl carbamates (subject to hydrolysis) is 1. The van der Waals surface area contributed by atoms with Crippen molar-refractivity contribution in [3.63, 3.8) is 0 Å². The maximum atomic E-state index is 12.8. The molecule has 1 aliphatic carbocycles. The van der Waals surface area contributed by atoms with Crippen LogP contribution >= 0.6 is 0 Å². The highest BCUT2D eigenvalue weighted by Gasteiger charge is 2.30. The zero-order chi connectivity index (χ0) is 28.7. The molecule has 0 bridgehead atoms. The van der Waals surface area contributed by atoms with E-state index in [1.165, 1.54) is 0 Å². The Morgan fingerprint density at radius 3 is 2.05 bits per heavy atom. The molecule has 0 saturated heterocycles. The molecule has 1 atom stereocenters. The summed E-state index contributed by atoms with van der Waals surface area (Å²) in [4.78, 5) is 39.2. The Morgan fingerprint density at radius 1 is 0.900 bits per heavy atom. The molecular formula is C32H36N2O6. The second-order valence-corrected chi connectivity index (χ2v) is 10.9. The molecule has 210 valence electrons. The van der Waals surface area contributed by atoms with Crippen LogP contribution in [-0.2, 0) is 25.5 Å². The largest absolute Gasteiger partial charge is 0.480 e. The lowest BCUT2D eigenvalue weighted by Crippen LogP contribution is -2.50. The Balaban J connectivity index is 1.40. The van der Waals surface area contributed by atoms with Gasteiger partial charge >= 0.3 is 18.0 Å². The van der Waals surface area contributed by atoms with Gasteiger partial charge in [-0.05, 0) is 55.0 Å². The molecule has 2 N–H and O–H groups in total. The molecule has 0 aromatic heterocycles. The number of nitrogens with one attached hydrogen (secondary N) is 1. The van der Waals surface area contributed by atoms with Gasteiger partial charge in [-0.1, -0.05) is 78.9 Å². The standard InChI is InChI=1S/C32H36N2O6/c1-32(2,3)40-29(35)20-34(18-17-22-11-5-4-6-12-22)19-28(30(36)37)33-31(38)39-21-27-25-15-9-7-13-23(25)24-14-8-10-16-26(24)27/h4-16,27-28H,17-21H2,1-3H3,(H,33,38)(H,36,37)/t28-/m0/s1. The van der Waals surface area contributed by atoms with Gasteiger partial charge in [0.2, 0.25) is 0 Å². The quantitative estimate of drug-likeness (QED) is 0.332. The second kappa shape index (κ2) is 12.8. The first kappa shape index (κ1) is 28.8. The zero-order valence-corrected chi connectivity index (χ0v) is 23.1. The molecule has 0 aliphatic heterocycles. The van der Waals surface area contributed by atoms with Crippen molar-refractivity contribution in [1.29, 1.82) is 0 Å². The Labute approximate surface area is 234 Å². The summed E-state index contributed by atoms with van der Waals surface area (Å²) < 4.78 is 11.0. The number of carbonyl (C=O) groups is 3. The lowest BCUT2D eigenvalue weighted by Gasteiger charge is -2.27. The van der Waals surface area contributed by atoms with Gasteiger partial charge in [-0.2, -0.15) is 0 Å². The van der Waals surface area contributed by atoms with Gasteiger partial charge in [0.05, 0.1) is 6.54 Å². The molecule has 4 rings (SSSR count). The summed E-state index contributed by atoms with van der Waals surface area (Å²) >= 11 is 0. The Bertz CT molecular complexity index is 1290. The van der Waals surface area contributed by atoms with E-state index in [-0.39, 0.29) is 25.6 Å². The molecule has 0 spiro atoms. The van der Waals surface area contributed by atoms with E-state index < -0.39 is 29.7 Å². The van der Waals surface area contributed by atoms with Crippen LogP contribution in [0.2, 0.25) is 0 Å². The summed E-state index contributed by atoms with van der Waals surface area (Å²) in [5, 5.41) is 12.4. The normalized spacial score (nSPS) is 13.3. The van der Waals surface area contributed by atoms with E-state index >= 15 is 0 Å². The summed E-state index contributed by atoms with van der Waals surface area (Å²) in [6.45, 7) is 5.60. The van der Waals surface area contributed by atoms with Crippen molar-refractivity contribution in [3.8, 4) is 11.1 Å². The number of amides is 1. The number of hydrogen-bond donors (Lipinski definition) is 2. The van der Waals surface area contributed by atoms with E-state index in [1.807, 2.05) is 78.9 Å². The molecule has 0 heterocycles. The van der Waals surface area contributed by atoms with E-state index in [4.69, 9.17) is 9.47 Å². The summed E-state index contributed by atoms with van der Waals surface area (Å²) in [5.74, 6) is -1.83. The predicted molar refractivity (Wildman–Crippen MR) is 152 cm³/mol. The minimum absolute atomic E-state index is 0.0713. The number of esters is 1. The highest BCUT2D eigenvalue weighted by Crippen LogP contribution is 2.44. The molecule has 0 saturated carbocycles. The van der Waals surface area contributed by atoms with Gasteiger partial charge in [0.15, 0.2) is 0 Å².